The summed E-state index contributed by atoms with van der Waals surface area (Å²) < 4.78 is 27.1. The number of nitrogens with two attached hydrogens (primary N) is 1. The zero-order valence-corrected chi connectivity index (χ0v) is 11.3. The van der Waals surface area contributed by atoms with Crippen LogP contribution in [0.15, 0.2) is 11.2 Å². The van der Waals surface area contributed by atoms with Crippen LogP contribution in [-0.2, 0) is 16.6 Å². The minimum atomic E-state index is -3.54. The van der Waals surface area contributed by atoms with Crippen molar-refractivity contribution >= 4 is 10.0 Å². The van der Waals surface area contributed by atoms with E-state index in [9.17, 15) is 8.42 Å². The Hall–Kier alpha value is -0.920. The Morgan fingerprint density at radius 3 is 2.83 bits per heavy atom. The normalized spacial score (nSPS) is 19.2. The van der Waals surface area contributed by atoms with Crippen LogP contribution in [0.1, 0.15) is 38.2 Å². The maximum atomic E-state index is 12.2. The van der Waals surface area contributed by atoms with Crippen molar-refractivity contribution in [2.24, 2.45) is 11.7 Å². The lowest BCUT2D eigenvalue weighted by atomic mass is 10.0. The first kappa shape index (κ1) is 13.5. The molecule has 0 saturated heterocycles. The second-order valence-electron chi connectivity index (χ2n) is 4.88. The topological polar surface area (TPSA) is 101 Å². The number of hydrogen-bond acceptors (Lipinski definition) is 4. The quantitative estimate of drug-likeness (QED) is 0.735. The second kappa shape index (κ2) is 5.38. The van der Waals surface area contributed by atoms with Gasteiger partial charge >= 0.3 is 0 Å². The third kappa shape index (κ3) is 2.73. The summed E-state index contributed by atoms with van der Waals surface area (Å²) in [6, 6.07) is -0.0496. The monoisotopic (exact) mass is 272 g/mol. The summed E-state index contributed by atoms with van der Waals surface area (Å²) in [5.74, 6) is 0.434. The molecule has 0 amide bonds. The number of aromatic nitrogens is 2. The third-order valence-corrected chi connectivity index (χ3v) is 5.19. The molecule has 102 valence electrons. The fourth-order valence-electron chi connectivity index (χ4n) is 2.53. The number of H-pyrrole nitrogens is 1. The van der Waals surface area contributed by atoms with Gasteiger partial charge in [-0.1, -0.05) is 12.8 Å². The van der Waals surface area contributed by atoms with Crippen LogP contribution in [0.3, 0.4) is 0 Å². The van der Waals surface area contributed by atoms with Crippen molar-refractivity contribution in [2.75, 3.05) is 0 Å². The molecule has 1 heterocycles. The average molecular weight is 272 g/mol. The molecule has 0 bridgehead atoms. The highest BCUT2D eigenvalue weighted by molar-refractivity contribution is 7.89. The zero-order chi connectivity index (χ0) is 13.2. The lowest BCUT2D eigenvalue weighted by Gasteiger charge is -2.20. The molecule has 1 unspecified atom stereocenters. The zero-order valence-electron chi connectivity index (χ0n) is 10.5. The fourth-order valence-corrected chi connectivity index (χ4v) is 3.99. The predicted molar refractivity (Wildman–Crippen MR) is 68.2 cm³/mol. The van der Waals surface area contributed by atoms with Gasteiger partial charge in [-0.3, -0.25) is 5.10 Å². The van der Waals surface area contributed by atoms with Crippen LogP contribution in [0.5, 0.6) is 0 Å². The molecule has 0 spiro atoms. The molecule has 7 heteroatoms. The summed E-state index contributed by atoms with van der Waals surface area (Å²) >= 11 is 0. The van der Waals surface area contributed by atoms with Gasteiger partial charge in [-0.15, -0.1) is 0 Å². The van der Waals surface area contributed by atoms with E-state index in [1.807, 2.05) is 6.92 Å². The lowest BCUT2D eigenvalue weighted by Crippen LogP contribution is -2.37. The van der Waals surface area contributed by atoms with Crippen LogP contribution in [0.2, 0.25) is 0 Å². The Morgan fingerprint density at radius 2 is 2.22 bits per heavy atom. The number of sulfonamides is 1. The molecule has 1 fully saturated rings. The number of rotatable bonds is 5. The average Bonchev–Trinajstić information content (AvgIpc) is 2.99. The van der Waals surface area contributed by atoms with Gasteiger partial charge in [0.1, 0.15) is 0 Å². The first-order valence-electron chi connectivity index (χ1n) is 6.29. The van der Waals surface area contributed by atoms with Gasteiger partial charge in [-0.2, -0.15) is 5.10 Å². The molecule has 0 aliphatic heterocycles. The van der Waals surface area contributed by atoms with Gasteiger partial charge in [-0.25, -0.2) is 13.1 Å². The molecular formula is C11H20N4O2S. The molecule has 1 aliphatic rings. The molecule has 18 heavy (non-hydrogen) atoms. The third-order valence-electron chi connectivity index (χ3n) is 3.61. The van der Waals surface area contributed by atoms with Crippen molar-refractivity contribution in [2.45, 2.75) is 50.2 Å². The van der Waals surface area contributed by atoms with E-state index in [1.54, 1.807) is 0 Å². The van der Waals surface area contributed by atoms with Gasteiger partial charge < -0.3 is 5.73 Å². The molecule has 1 aromatic rings. The summed E-state index contributed by atoms with van der Waals surface area (Å²) in [5.41, 5.74) is 6.01. The maximum Gasteiger partial charge on any atom is 0.258 e. The van der Waals surface area contributed by atoms with E-state index in [0.29, 0.717) is 11.5 Å². The molecule has 0 aromatic carbocycles. The highest BCUT2D eigenvalue weighted by Crippen LogP contribution is 2.28. The molecule has 1 aliphatic carbocycles. The van der Waals surface area contributed by atoms with E-state index >= 15 is 0 Å². The summed E-state index contributed by atoms with van der Waals surface area (Å²) in [4.78, 5) is 0. The minimum Gasteiger partial charge on any atom is -0.326 e. The summed E-state index contributed by atoms with van der Waals surface area (Å²) in [6.07, 6.45) is 6.02. The van der Waals surface area contributed by atoms with Crippen molar-refractivity contribution in [1.29, 1.82) is 0 Å². The van der Waals surface area contributed by atoms with Crippen molar-refractivity contribution in [3.05, 3.63) is 11.8 Å². The molecule has 1 atom stereocenters. The number of nitrogens with zero attached hydrogens (tertiary/aromatic N) is 1. The van der Waals surface area contributed by atoms with E-state index in [-0.39, 0.29) is 17.6 Å². The molecule has 6 nitrogen and oxygen atoms in total. The van der Waals surface area contributed by atoms with Crippen molar-refractivity contribution in [1.82, 2.24) is 14.9 Å². The largest absolute Gasteiger partial charge is 0.326 e. The molecule has 4 N–H and O–H groups in total. The van der Waals surface area contributed by atoms with Crippen molar-refractivity contribution in [3.8, 4) is 0 Å². The molecule has 0 radical (unpaired) electrons. The number of hydrogen-bond donors (Lipinski definition) is 3. The van der Waals surface area contributed by atoms with Gasteiger partial charge in [0.05, 0.1) is 6.20 Å². The van der Waals surface area contributed by atoms with Gasteiger partial charge in [0, 0.05) is 18.2 Å². The molecule has 1 saturated carbocycles. The molecule has 2 rings (SSSR count). The SMILES string of the molecule is CC(NS(=O)(=O)c1[nH]ncc1CN)C1CCCC1. The first-order valence-corrected chi connectivity index (χ1v) is 7.77. The van der Waals surface area contributed by atoms with Crippen LogP contribution in [0, 0.1) is 5.92 Å². The Balaban J connectivity index is 2.11. The number of aromatic amines is 1. The van der Waals surface area contributed by atoms with E-state index in [0.717, 1.165) is 12.8 Å². The smallest absolute Gasteiger partial charge is 0.258 e. The van der Waals surface area contributed by atoms with Gasteiger partial charge in [0.15, 0.2) is 5.03 Å². The van der Waals surface area contributed by atoms with Gasteiger partial charge in [-0.05, 0) is 25.7 Å². The Morgan fingerprint density at radius 1 is 1.56 bits per heavy atom. The van der Waals surface area contributed by atoms with Gasteiger partial charge in [0.25, 0.3) is 10.0 Å². The van der Waals surface area contributed by atoms with E-state index < -0.39 is 10.0 Å². The lowest BCUT2D eigenvalue weighted by molar-refractivity contribution is 0.423. The van der Waals surface area contributed by atoms with Gasteiger partial charge in [0.2, 0.25) is 0 Å². The Kier molecular flexibility index (Phi) is 4.04. The second-order valence-corrected chi connectivity index (χ2v) is 6.53. The summed E-state index contributed by atoms with van der Waals surface area (Å²) in [7, 11) is -3.54. The maximum absolute atomic E-state index is 12.2. The highest BCUT2D eigenvalue weighted by atomic mass is 32.2. The van der Waals surface area contributed by atoms with E-state index in [4.69, 9.17) is 5.73 Å². The van der Waals surface area contributed by atoms with E-state index in [2.05, 4.69) is 14.9 Å². The first-order chi connectivity index (χ1) is 8.54. The standard InChI is InChI=1S/C11H20N4O2S/c1-8(9-4-2-3-5-9)15-18(16,17)11-10(6-12)7-13-14-11/h7-9,15H,2-6,12H2,1H3,(H,13,14). The highest BCUT2D eigenvalue weighted by Gasteiger charge is 2.28. The van der Waals surface area contributed by atoms with Crippen LogP contribution in [0.25, 0.3) is 0 Å². The van der Waals surface area contributed by atoms with E-state index in [1.165, 1.54) is 19.0 Å². The minimum absolute atomic E-state index is 0.0496. The summed E-state index contributed by atoms with van der Waals surface area (Å²) in [6.45, 7) is 2.08. The Bertz CT molecular complexity index is 491. The van der Waals surface area contributed by atoms with Crippen LogP contribution in [0.4, 0.5) is 0 Å². The van der Waals surface area contributed by atoms with Crippen LogP contribution < -0.4 is 10.5 Å². The van der Waals surface area contributed by atoms with Crippen LogP contribution >= 0.6 is 0 Å². The molecular weight excluding hydrogens is 252 g/mol. The van der Waals surface area contributed by atoms with Crippen molar-refractivity contribution < 1.29 is 8.42 Å². The Labute approximate surface area is 107 Å². The summed E-state index contributed by atoms with van der Waals surface area (Å²) in [5, 5.41) is 6.34. The van der Waals surface area contributed by atoms with Crippen LogP contribution in [-0.4, -0.2) is 24.7 Å². The molecule has 1 aromatic heterocycles. The predicted octanol–water partition coefficient (Wildman–Crippen LogP) is 0.725. The fraction of sp³-hybridized carbons (Fsp3) is 0.727. The number of nitrogens with one attached hydrogen (secondary N) is 2. The van der Waals surface area contributed by atoms with Crippen molar-refractivity contribution in [3.63, 3.8) is 0 Å².